The van der Waals surface area contributed by atoms with Gasteiger partial charge in [-0.1, -0.05) is 73.1 Å². The van der Waals surface area contributed by atoms with Crippen molar-refractivity contribution in [3.05, 3.63) is 113 Å². The fraction of sp³-hybridized carbons (Fsp3) is 0.154. The first-order valence-electron chi connectivity index (χ1n) is 9.82. The first kappa shape index (κ1) is 24.8. The Morgan fingerprint density at radius 3 is 1.80 bits per heavy atom. The van der Waals surface area contributed by atoms with Crippen LogP contribution in [-0.2, 0) is 23.5 Å². The fourth-order valence-corrected chi connectivity index (χ4v) is 6.39. The van der Waals surface area contributed by atoms with E-state index < -0.39 is 7.92 Å². The number of hydrogen-bond acceptors (Lipinski definition) is 1. The summed E-state index contributed by atoms with van der Waals surface area (Å²) in [6.45, 7) is 1.06. The van der Waals surface area contributed by atoms with E-state index >= 15 is 0 Å². The van der Waals surface area contributed by atoms with Gasteiger partial charge in [-0.25, -0.2) is 18.2 Å². The Kier molecular flexibility index (Phi) is 10.8. The van der Waals surface area contributed by atoms with Gasteiger partial charge in [0.2, 0.25) is 0 Å². The molecule has 0 heterocycles. The molecule has 4 aromatic carbocycles. The van der Waals surface area contributed by atoms with Crippen LogP contribution in [0.1, 0.15) is 5.56 Å². The molecule has 0 aliphatic carbocycles. The quantitative estimate of drug-likeness (QED) is 0.186. The molecule has 0 aromatic heterocycles. The van der Waals surface area contributed by atoms with Gasteiger partial charge in [0.15, 0.2) is 0 Å². The molecule has 1 nitrogen and oxygen atoms in total. The van der Waals surface area contributed by atoms with Crippen LogP contribution in [0, 0.1) is 0 Å². The zero-order valence-corrected chi connectivity index (χ0v) is 20.9. The first-order chi connectivity index (χ1) is 14.2. The maximum Gasteiger partial charge on any atom is 2.00 e. The zero-order chi connectivity index (χ0) is 20.5. The molecule has 0 saturated heterocycles. The van der Waals surface area contributed by atoms with E-state index in [4.69, 9.17) is 0 Å². The molecule has 156 valence electrons. The van der Waals surface area contributed by atoms with Gasteiger partial charge in [-0.15, -0.1) is 21.5 Å². The molecule has 30 heavy (non-hydrogen) atoms. The third-order valence-electron chi connectivity index (χ3n) is 4.62. The second kappa shape index (κ2) is 13.1. The molecule has 4 aromatic rings. The third kappa shape index (κ3) is 7.05. The third-order valence-corrected chi connectivity index (χ3v) is 7.89. The van der Waals surface area contributed by atoms with E-state index in [0.717, 1.165) is 13.0 Å². The van der Waals surface area contributed by atoms with Gasteiger partial charge in [0.25, 0.3) is 0 Å². The van der Waals surface area contributed by atoms with E-state index in [2.05, 4.69) is 108 Å². The standard InChI is InChI=1S/C21H22BrNP.C5H5.Fe/c1-23(2)16-15-19-20(22)13-14-21(19)24(17-9-5-3-6-10-17)18-11-7-4-8-12-18;1-2-4-5-3-1;/h3-14H,15-16H2,1-2H3;1-5H;/q2*-1;+2. The number of halogens is 1. The van der Waals surface area contributed by atoms with Crippen LogP contribution in [-0.4, -0.2) is 25.5 Å². The Morgan fingerprint density at radius 2 is 1.37 bits per heavy atom. The number of benzene rings is 2. The second-order valence-electron chi connectivity index (χ2n) is 7.07. The molecule has 4 heteroatoms. The summed E-state index contributed by atoms with van der Waals surface area (Å²) in [5.74, 6) is 0. The van der Waals surface area contributed by atoms with E-state index in [-0.39, 0.29) is 17.1 Å². The summed E-state index contributed by atoms with van der Waals surface area (Å²) >= 11 is 3.77. The van der Waals surface area contributed by atoms with Gasteiger partial charge in [0.1, 0.15) is 0 Å². The van der Waals surface area contributed by atoms with Crippen LogP contribution >= 0.6 is 23.9 Å². The van der Waals surface area contributed by atoms with Crippen molar-refractivity contribution in [2.45, 2.75) is 6.42 Å². The van der Waals surface area contributed by atoms with E-state index in [1.165, 1.54) is 25.9 Å². The van der Waals surface area contributed by atoms with Crippen molar-refractivity contribution in [2.24, 2.45) is 0 Å². The Hall–Kier alpha value is -1.47. The minimum Gasteiger partial charge on any atom is -0.309 e. The summed E-state index contributed by atoms with van der Waals surface area (Å²) in [4.78, 5) is 2.25. The van der Waals surface area contributed by atoms with Gasteiger partial charge in [-0.05, 0) is 37.7 Å². The van der Waals surface area contributed by atoms with Crippen molar-refractivity contribution in [3.8, 4) is 0 Å². The molecule has 0 N–H and O–H groups in total. The second-order valence-corrected chi connectivity index (χ2v) is 10.1. The molecular formula is C26H27BrFeNP. The molecule has 4 rings (SSSR count). The van der Waals surface area contributed by atoms with Gasteiger partial charge in [0.05, 0.1) is 0 Å². The van der Waals surface area contributed by atoms with Gasteiger partial charge < -0.3 is 4.90 Å². The zero-order valence-electron chi connectivity index (χ0n) is 17.4. The van der Waals surface area contributed by atoms with Crippen molar-refractivity contribution in [1.82, 2.24) is 4.90 Å². The predicted octanol–water partition coefficient (Wildman–Crippen LogP) is 5.43. The first-order valence-corrected chi connectivity index (χ1v) is 12.0. The minimum atomic E-state index is -0.525. The van der Waals surface area contributed by atoms with E-state index in [1.54, 1.807) is 0 Å². The molecule has 0 amide bonds. The molecule has 0 radical (unpaired) electrons. The molecule has 0 spiro atoms. The van der Waals surface area contributed by atoms with Gasteiger partial charge in [-0.3, -0.25) is 0 Å². The van der Waals surface area contributed by atoms with Crippen molar-refractivity contribution in [3.63, 3.8) is 0 Å². The summed E-state index contributed by atoms with van der Waals surface area (Å²) in [5.41, 5.74) is 1.45. The Bertz CT molecular complexity index is 893. The van der Waals surface area contributed by atoms with Crippen LogP contribution in [0.5, 0.6) is 0 Å². The average Bonchev–Trinajstić information content (AvgIpc) is 3.43. The molecule has 0 atom stereocenters. The summed E-state index contributed by atoms with van der Waals surface area (Å²) in [5, 5.41) is 4.28. The monoisotopic (exact) mass is 519 g/mol. The number of rotatable bonds is 6. The van der Waals surface area contributed by atoms with Crippen LogP contribution in [0.3, 0.4) is 0 Å². The van der Waals surface area contributed by atoms with Gasteiger partial charge in [0, 0.05) is 0 Å². The molecular weight excluding hydrogens is 493 g/mol. The van der Waals surface area contributed by atoms with Crippen molar-refractivity contribution in [1.29, 1.82) is 0 Å². The van der Waals surface area contributed by atoms with Crippen molar-refractivity contribution < 1.29 is 17.1 Å². The minimum absolute atomic E-state index is 0. The molecule has 0 saturated carbocycles. The van der Waals surface area contributed by atoms with Gasteiger partial charge >= 0.3 is 17.1 Å². The van der Waals surface area contributed by atoms with Crippen molar-refractivity contribution >= 4 is 39.8 Å². The van der Waals surface area contributed by atoms with E-state index in [1.807, 2.05) is 30.3 Å². The maximum absolute atomic E-state index is 3.77. The Labute approximate surface area is 201 Å². The summed E-state index contributed by atoms with van der Waals surface area (Å²) < 4.78 is 1.23. The Morgan fingerprint density at radius 1 is 0.833 bits per heavy atom. The van der Waals surface area contributed by atoms with Crippen LogP contribution < -0.4 is 15.9 Å². The fourth-order valence-electron chi connectivity index (χ4n) is 3.17. The molecule has 0 aliphatic rings. The summed E-state index contributed by atoms with van der Waals surface area (Å²) in [6.07, 6.45) is 1.06. The smallest absolute Gasteiger partial charge is 0.309 e. The van der Waals surface area contributed by atoms with E-state index in [9.17, 15) is 0 Å². The van der Waals surface area contributed by atoms with Crippen LogP contribution in [0.15, 0.2) is 108 Å². The average molecular weight is 520 g/mol. The summed E-state index contributed by atoms with van der Waals surface area (Å²) in [6, 6.07) is 36.3. The number of likely N-dealkylation sites (N-methyl/N-ethyl adjacent to an activating group) is 1. The topological polar surface area (TPSA) is 3.24 Å². The summed E-state index contributed by atoms with van der Waals surface area (Å²) in [7, 11) is 3.74. The van der Waals surface area contributed by atoms with Gasteiger partial charge in [-0.2, -0.15) is 29.6 Å². The van der Waals surface area contributed by atoms with Crippen molar-refractivity contribution in [2.75, 3.05) is 20.6 Å². The molecule has 0 unspecified atom stereocenters. The largest absolute Gasteiger partial charge is 2.00 e. The molecule has 0 fully saturated rings. The SMILES string of the molecule is CN(C)CCc1c(P(c2ccccc2)c2ccccc2)cc[c-]1Br.[Fe+2].c1cc[cH-]c1. The predicted molar refractivity (Wildman–Crippen MR) is 133 cm³/mol. The Balaban J connectivity index is 0.000000468. The normalized spacial score (nSPS) is 10.4. The number of hydrogen-bond donors (Lipinski definition) is 0. The molecule has 0 bridgehead atoms. The maximum atomic E-state index is 3.77. The van der Waals surface area contributed by atoms with Crippen LogP contribution in [0.25, 0.3) is 0 Å². The molecule has 0 aliphatic heterocycles. The van der Waals surface area contributed by atoms with Crippen LogP contribution in [0.2, 0.25) is 0 Å². The van der Waals surface area contributed by atoms with E-state index in [0.29, 0.717) is 0 Å². The van der Waals surface area contributed by atoms with Crippen LogP contribution in [0.4, 0.5) is 0 Å². The number of nitrogens with zero attached hydrogens (tertiary/aromatic N) is 1.